The number of nitrogens with zero attached hydrogens (tertiary/aromatic N) is 1. The third-order valence-electron chi connectivity index (χ3n) is 3.64. The maximum absolute atomic E-state index is 11.9. The molecule has 0 aromatic rings. The van der Waals surface area contributed by atoms with Gasteiger partial charge in [0.25, 0.3) is 0 Å². The van der Waals surface area contributed by atoms with Crippen molar-refractivity contribution in [2.45, 2.75) is 50.8 Å². The van der Waals surface area contributed by atoms with Crippen molar-refractivity contribution in [1.82, 2.24) is 10.2 Å². The number of aliphatic hydroxyl groups is 1. The van der Waals surface area contributed by atoms with E-state index in [1.165, 1.54) is 4.90 Å². The van der Waals surface area contributed by atoms with Crippen LogP contribution >= 0.6 is 0 Å². The average molecular weight is 296 g/mol. The second-order valence-electron chi connectivity index (χ2n) is 5.44. The van der Waals surface area contributed by atoms with Gasteiger partial charge in [-0.05, 0) is 25.7 Å². The Balaban J connectivity index is 2.12. The normalized spacial score (nSPS) is 22.9. The Morgan fingerprint density at radius 3 is 2.60 bits per heavy atom. The quantitative estimate of drug-likeness (QED) is 0.740. The molecule has 0 heterocycles. The summed E-state index contributed by atoms with van der Waals surface area (Å²) in [6.45, 7) is 0.724. The van der Waals surface area contributed by atoms with E-state index < -0.39 is 12.6 Å². The van der Waals surface area contributed by atoms with E-state index >= 15 is 0 Å². The first-order valence-electron chi connectivity index (χ1n) is 7.03. The highest BCUT2D eigenvalue weighted by atomic mass is 19.4. The van der Waals surface area contributed by atoms with E-state index in [9.17, 15) is 23.1 Å². The molecule has 4 nitrogen and oxygen atoms in total. The smallest absolute Gasteiger partial charge is 0.389 e. The lowest BCUT2D eigenvalue weighted by molar-refractivity contribution is -0.135. The zero-order valence-corrected chi connectivity index (χ0v) is 11.7. The molecule has 2 N–H and O–H groups in total. The van der Waals surface area contributed by atoms with Gasteiger partial charge >= 0.3 is 12.2 Å². The highest BCUT2D eigenvalue weighted by molar-refractivity contribution is 5.73. The fourth-order valence-electron chi connectivity index (χ4n) is 2.45. The number of urea groups is 1. The van der Waals surface area contributed by atoms with E-state index in [-0.39, 0.29) is 31.0 Å². The summed E-state index contributed by atoms with van der Waals surface area (Å²) in [6.07, 6.45) is -2.30. The second kappa shape index (κ2) is 7.71. The minimum atomic E-state index is -4.13. The predicted octanol–water partition coefficient (Wildman–Crippen LogP) is 2.52. The van der Waals surface area contributed by atoms with Crippen LogP contribution < -0.4 is 5.32 Å². The Bertz CT molecular complexity index is 310. The minimum absolute atomic E-state index is 0.0227. The van der Waals surface area contributed by atoms with Crippen LogP contribution in [0.3, 0.4) is 0 Å². The topological polar surface area (TPSA) is 52.6 Å². The summed E-state index contributed by atoms with van der Waals surface area (Å²) in [4.78, 5) is 13.2. The van der Waals surface area contributed by atoms with E-state index in [1.54, 1.807) is 7.05 Å². The van der Waals surface area contributed by atoms with Crippen LogP contribution in [0.2, 0.25) is 0 Å². The number of nitrogens with one attached hydrogen (secondary N) is 1. The van der Waals surface area contributed by atoms with E-state index in [2.05, 4.69) is 5.32 Å². The number of amides is 2. The Morgan fingerprint density at radius 2 is 2.05 bits per heavy atom. The van der Waals surface area contributed by atoms with Crippen molar-refractivity contribution >= 4 is 6.03 Å². The standard InChI is InChI=1S/C13H23F3N2O2/c1-18(9-10-5-4-6-11(10)19)12(20)17-8-3-2-7-13(14,15)16/h10-11,19H,2-9H2,1H3,(H,17,20). The summed E-state index contributed by atoms with van der Waals surface area (Å²) >= 11 is 0. The number of hydrogen-bond donors (Lipinski definition) is 2. The lowest BCUT2D eigenvalue weighted by Gasteiger charge is -2.23. The number of halogens is 3. The molecule has 20 heavy (non-hydrogen) atoms. The van der Waals surface area contributed by atoms with Crippen LogP contribution in [0.25, 0.3) is 0 Å². The molecule has 118 valence electrons. The molecule has 2 atom stereocenters. The summed E-state index contributed by atoms with van der Waals surface area (Å²) in [5, 5.41) is 12.3. The molecule has 1 aliphatic rings. The number of aliphatic hydroxyl groups excluding tert-OH is 1. The van der Waals surface area contributed by atoms with Crippen molar-refractivity contribution < 1.29 is 23.1 Å². The molecule has 2 unspecified atom stereocenters. The molecular weight excluding hydrogens is 273 g/mol. The van der Waals surface area contributed by atoms with Crippen LogP contribution in [0.1, 0.15) is 38.5 Å². The SMILES string of the molecule is CN(CC1CCCC1O)C(=O)NCCCCC(F)(F)F. The van der Waals surface area contributed by atoms with Gasteiger partial charge in [0.05, 0.1) is 6.10 Å². The average Bonchev–Trinajstić information content (AvgIpc) is 2.73. The van der Waals surface area contributed by atoms with Crippen LogP contribution in [-0.4, -0.2) is 48.5 Å². The van der Waals surface area contributed by atoms with Gasteiger partial charge in [0.15, 0.2) is 0 Å². The number of carbonyl (C=O) groups excluding carboxylic acids is 1. The van der Waals surface area contributed by atoms with Crippen molar-refractivity contribution in [3.05, 3.63) is 0 Å². The number of unbranched alkanes of at least 4 members (excludes halogenated alkanes) is 1. The van der Waals surface area contributed by atoms with Gasteiger partial charge in [-0.25, -0.2) is 4.79 Å². The Labute approximate surface area is 117 Å². The molecule has 0 aliphatic heterocycles. The number of rotatable bonds is 6. The van der Waals surface area contributed by atoms with Gasteiger partial charge in [0.1, 0.15) is 0 Å². The monoisotopic (exact) mass is 296 g/mol. The molecule has 0 aromatic carbocycles. The first-order valence-corrected chi connectivity index (χ1v) is 7.03. The third kappa shape index (κ3) is 6.45. The second-order valence-corrected chi connectivity index (χ2v) is 5.44. The molecule has 1 fully saturated rings. The highest BCUT2D eigenvalue weighted by Crippen LogP contribution is 2.26. The molecule has 0 bridgehead atoms. The van der Waals surface area contributed by atoms with Gasteiger partial charge in [0.2, 0.25) is 0 Å². The lowest BCUT2D eigenvalue weighted by atomic mass is 10.1. The highest BCUT2D eigenvalue weighted by Gasteiger charge is 2.27. The molecule has 0 saturated heterocycles. The van der Waals surface area contributed by atoms with Crippen molar-refractivity contribution in [2.24, 2.45) is 5.92 Å². The maximum Gasteiger partial charge on any atom is 0.389 e. The van der Waals surface area contributed by atoms with Gasteiger partial charge in [-0.15, -0.1) is 0 Å². The first kappa shape index (κ1) is 17.1. The van der Waals surface area contributed by atoms with Crippen LogP contribution in [0.15, 0.2) is 0 Å². The summed E-state index contributed by atoms with van der Waals surface area (Å²) in [7, 11) is 1.64. The number of hydrogen-bond acceptors (Lipinski definition) is 2. The zero-order valence-electron chi connectivity index (χ0n) is 11.7. The lowest BCUT2D eigenvalue weighted by Crippen LogP contribution is -2.41. The molecule has 0 radical (unpaired) electrons. The van der Waals surface area contributed by atoms with Crippen molar-refractivity contribution in [2.75, 3.05) is 20.1 Å². The Morgan fingerprint density at radius 1 is 1.35 bits per heavy atom. The van der Waals surface area contributed by atoms with Gasteiger partial charge < -0.3 is 15.3 Å². The molecule has 2 amide bonds. The fraction of sp³-hybridized carbons (Fsp3) is 0.923. The van der Waals surface area contributed by atoms with Crippen molar-refractivity contribution in [1.29, 1.82) is 0 Å². The molecule has 1 saturated carbocycles. The molecule has 1 rings (SSSR count). The summed E-state index contributed by atoms with van der Waals surface area (Å²) in [5.74, 6) is 0.107. The summed E-state index contributed by atoms with van der Waals surface area (Å²) in [5.41, 5.74) is 0. The summed E-state index contributed by atoms with van der Waals surface area (Å²) in [6, 6.07) is -0.295. The fourth-order valence-corrected chi connectivity index (χ4v) is 2.45. The molecule has 0 spiro atoms. The van der Waals surface area contributed by atoms with Crippen LogP contribution in [0.4, 0.5) is 18.0 Å². The van der Waals surface area contributed by atoms with E-state index in [4.69, 9.17) is 0 Å². The van der Waals surface area contributed by atoms with Crippen LogP contribution in [0, 0.1) is 5.92 Å². The maximum atomic E-state index is 11.9. The van der Waals surface area contributed by atoms with Gasteiger partial charge in [-0.1, -0.05) is 6.42 Å². The van der Waals surface area contributed by atoms with Crippen molar-refractivity contribution in [3.63, 3.8) is 0 Å². The van der Waals surface area contributed by atoms with Crippen LogP contribution in [0.5, 0.6) is 0 Å². The van der Waals surface area contributed by atoms with Crippen LogP contribution in [-0.2, 0) is 0 Å². The van der Waals surface area contributed by atoms with E-state index in [0.717, 1.165) is 19.3 Å². The molecule has 1 aliphatic carbocycles. The Kier molecular flexibility index (Phi) is 6.58. The zero-order chi connectivity index (χ0) is 15.2. The number of alkyl halides is 3. The molecule has 0 aromatic heterocycles. The molecule has 7 heteroatoms. The largest absolute Gasteiger partial charge is 0.393 e. The van der Waals surface area contributed by atoms with Gasteiger partial charge in [-0.3, -0.25) is 0 Å². The van der Waals surface area contributed by atoms with E-state index in [0.29, 0.717) is 13.0 Å². The van der Waals surface area contributed by atoms with E-state index in [1.807, 2.05) is 0 Å². The van der Waals surface area contributed by atoms with Crippen molar-refractivity contribution in [3.8, 4) is 0 Å². The summed E-state index contributed by atoms with van der Waals surface area (Å²) < 4.78 is 35.7. The third-order valence-corrected chi connectivity index (χ3v) is 3.64. The first-order chi connectivity index (χ1) is 9.29. The minimum Gasteiger partial charge on any atom is -0.393 e. The predicted molar refractivity (Wildman–Crippen MR) is 69.3 cm³/mol. The van der Waals surface area contributed by atoms with Gasteiger partial charge in [-0.2, -0.15) is 13.2 Å². The molecular formula is C13H23F3N2O2. The Hall–Kier alpha value is -0.980. The number of carbonyl (C=O) groups is 1. The van der Waals surface area contributed by atoms with Gasteiger partial charge in [0, 0.05) is 32.5 Å².